The largest absolute Gasteiger partial charge is 0.374 e. The second-order valence-corrected chi connectivity index (χ2v) is 9.84. The maximum absolute atomic E-state index is 11.9. The lowest BCUT2D eigenvalue weighted by Crippen LogP contribution is -2.47. The summed E-state index contributed by atoms with van der Waals surface area (Å²) in [6.45, 7) is 0.771. The highest BCUT2D eigenvalue weighted by Gasteiger charge is 2.49. The Bertz CT molecular complexity index is 654. The highest BCUT2D eigenvalue weighted by molar-refractivity contribution is 5.79. The first-order valence-electron chi connectivity index (χ1n) is 11.4. The summed E-state index contributed by atoms with van der Waals surface area (Å²) >= 11 is 0. The van der Waals surface area contributed by atoms with E-state index in [1.54, 1.807) is 0 Å². The van der Waals surface area contributed by atoms with Crippen molar-refractivity contribution in [2.24, 2.45) is 35.5 Å². The molecule has 2 nitrogen and oxygen atoms in total. The molecule has 146 valence electrons. The molecule has 7 atom stereocenters. The molecule has 0 aromatic heterocycles. The number of Topliss-reactive ketones (excluding diaryl/α,β-unsaturated/α-hetero) is 1. The third-order valence-electron chi connectivity index (χ3n) is 8.56. The molecule has 0 saturated heterocycles. The van der Waals surface area contributed by atoms with Crippen LogP contribution >= 0.6 is 0 Å². The minimum Gasteiger partial charge on any atom is -0.374 e. The fourth-order valence-corrected chi connectivity index (χ4v) is 7.37. The zero-order chi connectivity index (χ0) is 18.2. The second-order valence-electron chi connectivity index (χ2n) is 9.84. The molecule has 4 aliphatic rings. The van der Waals surface area contributed by atoms with Crippen molar-refractivity contribution in [3.8, 4) is 0 Å². The molecule has 0 bridgehead atoms. The lowest BCUT2D eigenvalue weighted by molar-refractivity contribution is -0.127. The van der Waals surface area contributed by atoms with Gasteiger partial charge in [-0.05, 0) is 92.4 Å². The first-order valence-corrected chi connectivity index (χ1v) is 11.4. The van der Waals surface area contributed by atoms with Gasteiger partial charge in [-0.1, -0.05) is 30.3 Å². The van der Waals surface area contributed by atoms with Crippen molar-refractivity contribution in [2.75, 3.05) is 0 Å². The van der Waals surface area contributed by atoms with E-state index in [2.05, 4.69) is 30.3 Å². The number of benzene rings is 1. The van der Waals surface area contributed by atoms with E-state index < -0.39 is 0 Å². The normalized spacial score (nSPS) is 41.3. The molecule has 0 N–H and O–H groups in total. The van der Waals surface area contributed by atoms with E-state index in [1.807, 2.05) is 0 Å². The Morgan fingerprint density at radius 1 is 0.778 bits per heavy atom. The Kier molecular flexibility index (Phi) is 5.11. The Balaban J connectivity index is 1.19. The highest BCUT2D eigenvalue weighted by Crippen LogP contribution is 2.56. The second kappa shape index (κ2) is 7.70. The zero-order valence-electron chi connectivity index (χ0n) is 16.5. The molecule has 27 heavy (non-hydrogen) atoms. The first-order chi connectivity index (χ1) is 13.3. The monoisotopic (exact) mass is 366 g/mol. The molecule has 1 aromatic rings. The Morgan fingerprint density at radius 2 is 1.48 bits per heavy atom. The number of carbonyl (C=O) groups excluding carboxylic acids is 1. The molecule has 0 unspecified atom stereocenters. The molecular formula is C25H34O2. The maximum atomic E-state index is 11.9. The average molecular weight is 367 g/mol. The van der Waals surface area contributed by atoms with Crippen LogP contribution in [0.3, 0.4) is 0 Å². The van der Waals surface area contributed by atoms with E-state index in [0.717, 1.165) is 55.0 Å². The molecule has 4 saturated carbocycles. The number of hydrogen-bond donors (Lipinski definition) is 0. The molecule has 4 aliphatic carbocycles. The minimum atomic E-state index is 0.464. The van der Waals surface area contributed by atoms with Gasteiger partial charge in [-0.15, -0.1) is 0 Å². The van der Waals surface area contributed by atoms with Gasteiger partial charge in [0.25, 0.3) is 0 Å². The van der Waals surface area contributed by atoms with Gasteiger partial charge in [-0.2, -0.15) is 0 Å². The molecule has 4 fully saturated rings. The van der Waals surface area contributed by atoms with Crippen molar-refractivity contribution in [3.63, 3.8) is 0 Å². The third kappa shape index (κ3) is 3.62. The van der Waals surface area contributed by atoms with Crippen molar-refractivity contribution >= 4 is 5.78 Å². The van der Waals surface area contributed by atoms with E-state index >= 15 is 0 Å². The lowest BCUT2D eigenvalue weighted by Gasteiger charge is -2.54. The average Bonchev–Trinajstić information content (AvgIpc) is 2.72. The van der Waals surface area contributed by atoms with E-state index in [1.165, 1.54) is 56.9 Å². The van der Waals surface area contributed by atoms with Gasteiger partial charge in [-0.3, -0.25) is 4.79 Å². The maximum Gasteiger partial charge on any atom is 0.133 e. The summed E-state index contributed by atoms with van der Waals surface area (Å²) in [6.07, 6.45) is 12.9. The predicted octanol–water partition coefficient (Wildman–Crippen LogP) is 5.79. The van der Waals surface area contributed by atoms with Crippen LogP contribution in [0.1, 0.15) is 69.8 Å². The van der Waals surface area contributed by atoms with Crippen LogP contribution in [0.2, 0.25) is 0 Å². The summed E-state index contributed by atoms with van der Waals surface area (Å²) in [7, 11) is 0. The van der Waals surface area contributed by atoms with Gasteiger partial charge in [0.1, 0.15) is 5.78 Å². The quantitative estimate of drug-likeness (QED) is 0.676. The molecule has 0 spiro atoms. The molecule has 0 radical (unpaired) electrons. The van der Waals surface area contributed by atoms with Crippen LogP contribution in [0, 0.1) is 35.5 Å². The molecular weight excluding hydrogens is 332 g/mol. The van der Waals surface area contributed by atoms with Gasteiger partial charge >= 0.3 is 0 Å². The number of carbonyl (C=O) groups is 1. The van der Waals surface area contributed by atoms with Crippen molar-refractivity contribution in [1.29, 1.82) is 0 Å². The van der Waals surface area contributed by atoms with Gasteiger partial charge in [0.15, 0.2) is 0 Å². The topological polar surface area (TPSA) is 26.3 Å². The van der Waals surface area contributed by atoms with Crippen LogP contribution in [-0.2, 0) is 16.1 Å². The minimum absolute atomic E-state index is 0.464. The van der Waals surface area contributed by atoms with Gasteiger partial charge < -0.3 is 4.74 Å². The highest BCUT2D eigenvalue weighted by atomic mass is 16.5. The third-order valence-corrected chi connectivity index (χ3v) is 8.56. The van der Waals surface area contributed by atoms with E-state index in [4.69, 9.17) is 4.74 Å². The smallest absolute Gasteiger partial charge is 0.133 e. The molecule has 0 aliphatic heterocycles. The van der Waals surface area contributed by atoms with Gasteiger partial charge in [0.05, 0.1) is 12.7 Å². The first kappa shape index (κ1) is 17.9. The number of rotatable bonds is 3. The number of hydrogen-bond acceptors (Lipinski definition) is 2. The number of fused-ring (bicyclic) bond motifs is 5. The number of ketones is 1. The van der Waals surface area contributed by atoms with Crippen molar-refractivity contribution in [2.45, 2.75) is 76.9 Å². The van der Waals surface area contributed by atoms with Crippen LogP contribution in [0.4, 0.5) is 0 Å². The summed E-state index contributed by atoms with van der Waals surface area (Å²) in [5.74, 6) is 5.86. The van der Waals surface area contributed by atoms with E-state index in [9.17, 15) is 4.79 Å². The van der Waals surface area contributed by atoms with Crippen LogP contribution in [0.25, 0.3) is 0 Å². The summed E-state index contributed by atoms with van der Waals surface area (Å²) in [5, 5.41) is 0. The van der Waals surface area contributed by atoms with Crippen molar-refractivity contribution in [3.05, 3.63) is 35.9 Å². The molecule has 0 amide bonds. The fraction of sp³-hybridized carbons (Fsp3) is 0.720. The van der Waals surface area contributed by atoms with Crippen LogP contribution in [-0.4, -0.2) is 11.9 Å². The summed E-state index contributed by atoms with van der Waals surface area (Å²) in [6, 6.07) is 10.6. The molecule has 0 heterocycles. The Hall–Kier alpha value is -1.15. The van der Waals surface area contributed by atoms with E-state index in [-0.39, 0.29) is 0 Å². The van der Waals surface area contributed by atoms with Crippen LogP contribution < -0.4 is 0 Å². The van der Waals surface area contributed by atoms with Crippen LogP contribution in [0.5, 0.6) is 0 Å². The molecule has 2 heteroatoms. The summed E-state index contributed by atoms with van der Waals surface area (Å²) < 4.78 is 6.31. The van der Waals surface area contributed by atoms with Crippen molar-refractivity contribution in [1.82, 2.24) is 0 Å². The summed E-state index contributed by atoms with van der Waals surface area (Å²) in [4.78, 5) is 11.9. The Morgan fingerprint density at radius 3 is 2.30 bits per heavy atom. The van der Waals surface area contributed by atoms with Crippen LogP contribution in [0.15, 0.2) is 30.3 Å². The lowest BCUT2D eigenvalue weighted by atomic mass is 9.51. The number of ether oxygens (including phenoxy) is 1. The van der Waals surface area contributed by atoms with Gasteiger partial charge in [-0.25, -0.2) is 0 Å². The Labute approximate surface area is 164 Å². The van der Waals surface area contributed by atoms with Gasteiger partial charge in [0, 0.05) is 12.8 Å². The predicted molar refractivity (Wildman–Crippen MR) is 107 cm³/mol. The SMILES string of the molecule is O=C1CC[C@H]2[C@@H](CC[C@@H]3[C@@H]2CC[C@@H]2C[C@@H](OCc4ccccc4)CC[C@H]23)C1. The fourth-order valence-electron chi connectivity index (χ4n) is 7.37. The van der Waals surface area contributed by atoms with E-state index in [0.29, 0.717) is 11.9 Å². The molecule has 5 rings (SSSR count). The van der Waals surface area contributed by atoms with Gasteiger partial charge in [0.2, 0.25) is 0 Å². The molecule has 1 aromatic carbocycles. The zero-order valence-corrected chi connectivity index (χ0v) is 16.5. The standard InChI is InChI=1S/C25H34O2/c26-20-8-12-22-18(14-20)6-10-25-23-13-9-21(15-19(23)7-11-24(22)25)27-16-17-4-2-1-3-5-17/h1-5,18-19,21-25H,6-16H2/t18-,19+,21-,22-,23+,24+,25-/m0/s1. The summed E-state index contributed by atoms with van der Waals surface area (Å²) in [5.41, 5.74) is 1.30. The van der Waals surface area contributed by atoms with Crippen molar-refractivity contribution < 1.29 is 9.53 Å².